The van der Waals surface area contributed by atoms with E-state index in [1.165, 1.54) is 31.3 Å². The molecular weight excluding hydrogens is 352 g/mol. The van der Waals surface area contributed by atoms with Crippen molar-refractivity contribution < 1.29 is 18.4 Å². The fraction of sp³-hybridized carbons (Fsp3) is 0.0500. The third-order valence-corrected chi connectivity index (χ3v) is 3.75. The van der Waals surface area contributed by atoms with E-state index in [2.05, 4.69) is 15.6 Å². The number of nitrogens with zero attached hydrogens (tertiary/aromatic N) is 1. The topological polar surface area (TPSA) is 71.1 Å². The highest BCUT2D eigenvalue weighted by Gasteiger charge is 2.09. The smallest absolute Gasteiger partial charge is 0.257 e. The summed E-state index contributed by atoms with van der Waals surface area (Å²) in [7, 11) is 0. The predicted octanol–water partition coefficient (Wildman–Crippen LogP) is 4.56. The van der Waals surface area contributed by atoms with E-state index in [0.717, 1.165) is 12.1 Å². The van der Waals surface area contributed by atoms with Crippen molar-refractivity contribution >= 4 is 28.9 Å². The normalized spacial score (nSPS) is 10.3. The van der Waals surface area contributed by atoms with E-state index < -0.39 is 17.5 Å². The van der Waals surface area contributed by atoms with Gasteiger partial charge in [0.25, 0.3) is 5.91 Å². The van der Waals surface area contributed by atoms with Gasteiger partial charge < -0.3 is 10.6 Å². The minimum atomic E-state index is -0.746. The number of carbonyl (C=O) groups excluding carboxylic acids is 2. The first-order valence-electron chi connectivity index (χ1n) is 8.03. The Morgan fingerprint density at radius 3 is 2.44 bits per heavy atom. The van der Waals surface area contributed by atoms with Crippen LogP contribution in [0.5, 0.6) is 0 Å². The molecule has 0 aliphatic carbocycles. The zero-order valence-electron chi connectivity index (χ0n) is 14.3. The molecule has 0 aliphatic rings. The van der Waals surface area contributed by atoms with Gasteiger partial charge in [0.15, 0.2) is 5.78 Å². The molecule has 0 radical (unpaired) electrons. The number of halogens is 2. The molecule has 3 aromatic rings. The molecule has 0 bridgehead atoms. The molecule has 0 atom stereocenters. The molecule has 136 valence electrons. The number of hydrogen-bond acceptors (Lipinski definition) is 4. The molecule has 3 rings (SSSR count). The fourth-order valence-electron chi connectivity index (χ4n) is 2.35. The van der Waals surface area contributed by atoms with Crippen molar-refractivity contribution in [3.05, 3.63) is 83.6 Å². The molecule has 0 saturated heterocycles. The van der Waals surface area contributed by atoms with Gasteiger partial charge in [-0.3, -0.25) is 9.59 Å². The molecule has 0 unspecified atom stereocenters. The standard InChI is InChI=1S/C20H15F2N3O2/c1-12(26)13-3-2-4-16(9-13)24-20(27)14-5-8-19(23-11-14)25-18-7-6-15(21)10-17(18)22/h2-11H,1H3,(H,23,25)(H,24,27). The number of nitrogens with one attached hydrogen (secondary N) is 2. The van der Waals surface area contributed by atoms with Gasteiger partial charge in [0.1, 0.15) is 17.5 Å². The van der Waals surface area contributed by atoms with Gasteiger partial charge in [0, 0.05) is 23.5 Å². The predicted molar refractivity (Wildman–Crippen MR) is 98.3 cm³/mol. The molecule has 7 heteroatoms. The Kier molecular flexibility index (Phi) is 5.21. The molecule has 2 N–H and O–H groups in total. The highest BCUT2D eigenvalue weighted by atomic mass is 19.1. The molecule has 1 aromatic heterocycles. The molecule has 0 aliphatic heterocycles. The second-order valence-electron chi connectivity index (χ2n) is 5.77. The van der Waals surface area contributed by atoms with Gasteiger partial charge in [-0.2, -0.15) is 0 Å². The monoisotopic (exact) mass is 367 g/mol. The summed E-state index contributed by atoms with van der Waals surface area (Å²) in [6, 6.07) is 12.8. The maximum absolute atomic E-state index is 13.7. The van der Waals surface area contributed by atoms with Crippen molar-refractivity contribution in [1.82, 2.24) is 4.98 Å². The first kappa shape index (κ1) is 18.2. The third kappa shape index (κ3) is 4.52. The minimum absolute atomic E-state index is 0.0714. The second-order valence-corrected chi connectivity index (χ2v) is 5.77. The largest absolute Gasteiger partial charge is 0.338 e. The highest BCUT2D eigenvalue weighted by Crippen LogP contribution is 2.20. The van der Waals surface area contributed by atoms with Crippen LogP contribution in [0.3, 0.4) is 0 Å². The Morgan fingerprint density at radius 2 is 1.78 bits per heavy atom. The molecule has 5 nitrogen and oxygen atoms in total. The Balaban J connectivity index is 1.70. The van der Waals surface area contributed by atoms with Crippen LogP contribution in [-0.4, -0.2) is 16.7 Å². The van der Waals surface area contributed by atoms with Gasteiger partial charge in [-0.1, -0.05) is 12.1 Å². The van der Waals surface area contributed by atoms with E-state index in [0.29, 0.717) is 17.1 Å². The zero-order valence-corrected chi connectivity index (χ0v) is 14.3. The molecule has 2 aromatic carbocycles. The number of carbonyl (C=O) groups is 2. The van der Waals surface area contributed by atoms with E-state index in [1.54, 1.807) is 24.3 Å². The van der Waals surface area contributed by atoms with Gasteiger partial charge in [-0.25, -0.2) is 13.8 Å². The number of hydrogen-bond donors (Lipinski definition) is 2. The van der Waals surface area contributed by atoms with Crippen molar-refractivity contribution in [1.29, 1.82) is 0 Å². The summed E-state index contributed by atoms with van der Waals surface area (Å²) in [5.74, 6) is -1.62. The molecule has 0 saturated carbocycles. The van der Waals surface area contributed by atoms with Crippen molar-refractivity contribution in [2.24, 2.45) is 0 Å². The first-order chi connectivity index (χ1) is 12.9. The van der Waals surface area contributed by atoms with Gasteiger partial charge in [0.2, 0.25) is 0 Å². The molecule has 0 spiro atoms. The van der Waals surface area contributed by atoms with Gasteiger partial charge in [-0.05, 0) is 43.3 Å². The van der Waals surface area contributed by atoms with Crippen molar-refractivity contribution in [3.8, 4) is 0 Å². The Morgan fingerprint density at radius 1 is 0.963 bits per heavy atom. The summed E-state index contributed by atoms with van der Waals surface area (Å²) in [5, 5.41) is 5.40. The lowest BCUT2D eigenvalue weighted by atomic mass is 10.1. The summed E-state index contributed by atoms with van der Waals surface area (Å²) in [6.45, 7) is 1.44. The van der Waals surface area contributed by atoms with Crippen molar-refractivity contribution in [2.45, 2.75) is 6.92 Å². The highest BCUT2D eigenvalue weighted by molar-refractivity contribution is 6.05. The number of ketones is 1. The maximum Gasteiger partial charge on any atom is 0.257 e. The van der Waals surface area contributed by atoms with Crippen LogP contribution in [-0.2, 0) is 0 Å². The molecule has 1 amide bonds. The Hall–Kier alpha value is -3.61. The van der Waals surface area contributed by atoms with Crippen molar-refractivity contribution in [2.75, 3.05) is 10.6 Å². The summed E-state index contributed by atoms with van der Waals surface area (Å²) >= 11 is 0. The average molecular weight is 367 g/mol. The maximum atomic E-state index is 13.7. The van der Waals surface area contributed by atoms with Crippen LogP contribution in [0, 0.1) is 11.6 Å². The van der Waals surface area contributed by atoms with Crippen molar-refractivity contribution in [3.63, 3.8) is 0 Å². The quantitative estimate of drug-likeness (QED) is 0.649. The first-order valence-corrected chi connectivity index (χ1v) is 8.03. The van der Waals surface area contributed by atoms with Crippen LogP contribution >= 0.6 is 0 Å². The zero-order chi connectivity index (χ0) is 19.4. The Labute approximate surface area is 154 Å². The van der Waals surface area contributed by atoms with Crippen LogP contribution in [0.2, 0.25) is 0 Å². The molecule has 0 fully saturated rings. The average Bonchev–Trinajstić information content (AvgIpc) is 2.65. The lowest BCUT2D eigenvalue weighted by Crippen LogP contribution is -2.12. The number of benzene rings is 2. The molecule has 27 heavy (non-hydrogen) atoms. The van der Waals surface area contributed by atoms with Gasteiger partial charge in [-0.15, -0.1) is 0 Å². The van der Waals surface area contributed by atoms with E-state index in [-0.39, 0.29) is 17.0 Å². The number of rotatable bonds is 5. The summed E-state index contributed by atoms with van der Waals surface area (Å²) in [6.07, 6.45) is 1.33. The number of Topliss-reactive ketones (excluding diaryl/α,β-unsaturated/α-hetero) is 1. The van der Waals surface area contributed by atoms with Crippen LogP contribution in [0.4, 0.5) is 26.0 Å². The third-order valence-electron chi connectivity index (χ3n) is 3.75. The van der Waals surface area contributed by atoms with Crippen LogP contribution in [0.25, 0.3) is 0 Å². The van der Waals surface area contributed by atoms with E-state index >= 15 is 0 Å². The summed E-state index contributed by atoms with van der Waals surface area (Å²) in [5.41, 5.74) is 1.34. The Bertz CT molecular complexity index is 1000. The van der Waals surface area contributed by atoms with Gasteiger partial charge >= 0.3 is 0 Å². The van der Waals surface area contributed by atoms with Crippen LogP contribution < -0.4 is 10.6 Å². The van der Waals surface area contributed by atoms with Crippen LogP contribution in [0.1, 0.15) is 27.6 Å². The van der Waals surface area contributed by atoms with E-state index in [4.69, 9.17) is 0 Å². The summed E-state index contributed by atoms with van der Waals surface area (Å²) in [4.78, 5) is 27.8. The lowest BCUT2D eigenvalue weighted by Gasteiger charge is -2.09. The number of amides is 1. The lowest BCUT2D eigenvalue weighted by molar-refractivity contribution is 0.101. The van der Waals surface area contributed by atoms with E-state index in [1.807, 2.05) is 0 Å². The molecular formula is C20H15F2N3O2. The van der Waals surface area contributed by atoms with Crippen LogP contribution in [0.15, 0.2) is 60.8 Å². The minimum Gasteiger partial charge on any atom is -0.338 e. The van der Waals surface area contributed by atoms with E-state index in [9.17, 15) is 18.4 Å². The summed E-state index contributed by atoms with van der Waals surface area (Å²) < 4.78 is 26.6. The number of aromatic nitrogens is 1. The SMILES string of the molecule is CC(=O)c1cccc(NC(=O)c2ccc(Nc3ccc(F)cc3F)nc2)c1. The van der Waals surface area contributed by atoms with Gasteiger partial charge in [0.05, 0.1) is 11.3 Å². The number of pyridine rings is 1. The number of anilines is 3. The second kappa shape index (κ2) is 7.74. The fourth-order valence-corrected chi connectivity index (χ4v) is 2.35. The molecule has 1 heterocycles.